The van der Waals surface area contributed by atoms with Crippen molar-refractivity contribution in [1.29, 1.82) is 0 Å². The van der Waals surface area contributed by atoms with Gasteiger partial charge in [-0.2, -0.15) is 0 Å². The Morgan fingerprint density at radius 3 is 2.80 bits per heavy atom. The third-order valence-corrected chi connectivity index (χ3v) is 4.81. The SMILES string of the molecule is Cc1c(Cl)cccc1NC(=O)C[C@@H]([NH2+]CC[NH+]1CCOCC1)C(=O)[O-]. The number of carbonyl (C=O) groups excluding carboxylic acids is 2. The fourth-order valence-corrected chi connectivity index (χ4v) is 2.98. The summed E-state index contributed by atoms with van der Waals surface area (Å²) in [6.45, 7) is 6.59. The van der Waals surface area contributed by atoms with Crippen LogP contribution in [0.1, 0.15) is 12.0 Å². The van der Waals surface area contributed by atoms with Crippen molar-refractivity contribution in [2.45, 2.75) is 19.4 Å². The monoisotopic (exact) mass is 370 g/mol. The van der Waals surface area contributed by atoms with E-state index in [1.807, 2.05) is 0 Å². The van der Waals surface area contributed by atoms with Crippen LogP contribution in [0.4, 0.5) is 5.69 Å². The molecule has 8 heteroatoms. The summed E-state index contributed by atoms with van der Waals surface area (Å²) in [5.41, 5.74) is 1.34. The molecule has 0 radical (unpaired) electrons. The van der Waals surface area contributed by atoms with Crippen LogP contribution in [0.25, 0.3) is 0 Å². The lowest BCUT2D eigenvalue weighted by Crippen LogP contribution is -3.17. The normalized spacial score (nSPS) is 16.4. The fourth-order valence-electron chi connectivity index (χ4n) is 2.81. The summed E-state index contributed by atoms with van der Waals surface area (Å²) in [7, 11) is 0. The van der Waals surface area contributed by atoms with Gasteiger partial charge in [0.25, 0.3) is 0 Å². The minimum absolute atomic E-state index is 0.146. The molecule has 1 aromatic rings. The van der Waals surface area contributed by atoms with Crippen LogP contribution in [-0.4, -0.2) is 57.3 Å². The van der Waals surface area contributed by atoms with Gasteiger partial charge in [-0.05, 0) is 24.6 Å². The molecule has 0 bridgehead atoms. The third-order valence-electron chi connectivity index (χ3n) is 4.40. The Morgan fingerprint density at radius 2 is 2.12 bits per heavy atom. The van der Waals surface area contributed by atoms with Crippen molar-refractivity contribution in [2.75, 3.05) is 44.7 Å². The molecule has 0 spiro atoms. The number of benzene rings is 1. The zero-order chi connectivity index (χ0) is 18.2. The Labute approximate surface area is 152 Å². The molecular formula is C17H25ClN3O4+. The van der Waals surface area contributed by atoms with Gasteiger partial charge in [0.15, 0.2) is 0 Å². The van der Waals surface area contributed by atoms with Gasteiger partial charge in [0.2, 0.25) is 5.91 Å². The van der Waals surface area contributed by atoms with Crippen molar-refractivity contribution in [3.8, 4) is 0 Å². The standard InChI is InChI=1S/C17H24ClN3O4/c1-12-13(18)3-2-4-14(12)20-16(22)11-15(17(23)24)19-5-6-21-7-9-25-10-8-21/h2-4,15,19H,5-11H2,1H3,(H,20,22)(H,23,24)/p+1/t15-/m1/s1. The van der Waals surface area contributed by atoms with E-state index in [0.29, 0.717) is 17.3 Å². The molecule has 138 valence electrons. The number of quaternary nitrogens is 2. The van der Waals surface area contributed by atoms with Gasteiger partial charge in [0.1, 0.15) is 32.2 Å². The average molecular weight is 371 g/mol. The van der Waals surface area contributed by atoms with Gasteiger partial charge in [0.05, 0.1) is 25.6 Å². The first-order valence-electron chi connectivity index (χ1n) is 8.48. The highest BCUT2D eigenvalue weighted by atomic mass is 35.5. The highest BCUT2D eigenvalue weighted by Crippen LogP contribution is 2.22. The average Bonchev–Trinajstić information content (AvgIpc) is 2.59. The summed E-state index contributed by atoms with van der Waals surface area (Å²) in [4.78, 5) is 24.9. The number of carboxylic acid groups (broad SMARTS) is 1. The van der Waals surface area contributed by atoms with Gasteiger partial charge in [-0.25, -0.2) is 0 Å². The van der Waals surface area contributed by atoms with E-state index in [-0.39, 0.29) is 12.3 Å². The molecule has 1 amide bonds. The number of nitrogens with one attached hydrogen (secondary N) is 2. The molecule has 1 aliphatic rings. The maximum Gasteiger partial charge on any atom is 0.230 e. The maximum atomic E-state index is 12.2. The predicted molar refractivity (Wildman–Crippen MR) is 91.4 cm³/mol. The predicted octanol–water partition coefficient (Wildman–Crippen LogP) is -2.43. The number of morpholine rings is 1. The minimum atomic E-state index is -1.23. The van der Waals surface area contributed by atoms with Crippen LogP contribution in [0.3, 0.4) is 0 Å². The van der Waals surface area contributed by atoms with E-state index in [1.54, 1.807) is 30.4 Å². The zero-order valence-electron chi connectivity index (χ0n) is 14.3. The van der Waals surface area contributed by atoms with Crippen LogP contribution in [0, 0.1) is 6.92 Å². The Morgan fingerprint density at radius 1 is 1.40 bits per heavy atom. The second kappa shape index (κ2) is 9.72. The van der Waals surface area contributed by atoms with Gasteiger partial charge in [-0.3, -0.25) is 4.79 Å². The van der Waals surface area contributed by atoms with E-state index < -0.39 is 12.0 Å². The quantitative estimate of drug-likeness (QED) is 0.474. The lowest BCUT2D eigenvalue weighted by molar-refractivity contribution is -0.920. The molecule has 1 atom stereocenters. The summed E-state index contributed by atoms with van der Waals surface area (Å²) in [5, 5.41) is 16.3. The van der Waals surface area contributed by atoms with Crippen molar-refractivity contribution in [2.24, 2.45) is 0 Å². The molecule has 0 aliphatic carbocycles. The van der Waals surface area contributed by atoms with Gasteiger partial charge in [-0.1, -0.05) is 17.7 Å². The summed E-state index contributed by atoms with van der Waals surface area (Å²) < 4.78 is 5.30. The summed E-state index contributed by atoms with van der Waals surface area (Å²) in [6, 6.07) is 4.30. The van der Waals surface area contributed by atoms with Crippen molar-refractivity contribution >= 4 is 29.2 Å². The van der Waals surface area contributed by atoms with Crippen LogP contribution in [-0.2, 0) is 14.3 Å². The molecule has 1 aliphatic heterocycles. The summed E-state index contributed by atoms with van der Waals surface area (Å²) in [5.74, 6) is -1.59. The molecule has 0 aromatic heterocycles. The lowest BCUT2D eigenvalue weighted by atomic mass is 10.1. The van der Waals surface area contributed by atoms with Gasteiger partial charge >= 0.3 is 0 Å². The first-order valence-corrected chi connectivity index (χ1v) is 8.85. The van der Waals surface area contributed by atoms with Crippen molar-refractivity contribution in [3.05, 3.63) is 28.8 Å². The molecule has 7 nitrogen and oxygen atoms in total. The van der Waals surface area contributed by atoms with E-state index >= 15 is 0 Å². The number of hydrogen-bond acceptors (Lipinski definition) is 4. The van der Waals surface area contributed by atoms with Crippen molar-refractivity contribution in [3.63, 3.8) is 0 Å². The Hall–Kier alpha value is -1.67. The van der Waals surface area contributed by atoms with Gasteiger partial charge in [0, 0.05) is 10.7 Å². The zero-order valence-corrected chi connectivity index (χ0v) is 15.1. The molecule has 1 heterocycles. The molecular weight excluding hydrogens is 346 g/mol. The van der Waals surface area contributed by atoms with E-state index in [4.69, 9.17) is 16.3 Å². The molecule has 1 fully saturated rings. The van der Waals surface area contributed by atoms with Gasteiger partial charge in [-0.15, -0.1) is 0 Å². The maximum absolute atomic E-state index is 12.2. The largest absolute Gasteiger partial charge is 0.544 e. The van der Waals surface area contributed by atoms with Gasteiger partial charge < -0.3 is 30.2 Å². The number of nitrogens with two attached hydrogens (primary N) is 1. The number of halogens is 1. The van der Waals surface area contributed by atoms with Crippen LogP contribution < -0.4 is 20.6 Å². The summed E-state index contributed by atoms with van der Waals surface area (Å²) in [6.07, 6.45) is -0.146. The second-order valence-corrected chi connectivity index (χ2v) is 6.63. The number of rotatable bonds is 8. The third kappa shape index (κ3) is 6.28. The molecule has 0 unspecified atom stereocenters. The van der Waals surface area contributed by atoms with Crippen LogP contribution in [0.15, 0.2) is 18.2 Å². The van der Waals surface area contributed by atoms with Crippen LogP contribution >= 0.6 is 11.6 Å². The molecule has 25 heavy (non-hydrogen) atoms. The molecule has 4 N–H and O–H groups in total. The number of anilines is 1. The highest BCUT2D eigenvalue weighted by Gasteiger charge is 2.21. The van der Waals surface area contributed by atoms with E-state index in [2.05, 4.69) is 5.32 Å². The Balaban J connectivity index is 1.82. The van der Waals surface area contributed by atoms with Crippen LogP contribution in [0.2, 0.25) is 5.02 Å². The molecule has 2 rings (SSSR count). The minimum Gasteiger partial charge on any atom is -0.544 e. The van der Waals surface area contributed by atoms with E-state index in [9.17, 15) is 14.7 Å². The first-order chi connectivity index (χ1) is 12.0. The number of hydrogen-bond donors (Lipinski definition) is 3. The van der Waals surface area contributed by atoms with E-state index in [0.717, 1.165) is 38.4 Å². The lowest BCUT2D eigenvalue weighted by Gasteiger charge is -2.24. The first kappa shape index (κ1) is 19.7. The number of ether oxygens (including phenoxy) is 1. The molecule has 0 saturated carbocycles. The second-order valence-electron chi connectivity index (χ2n) is 6.23. The fraction of sp³-hybridized carbons (Fsp3) is 0.529. The Kier molecular flexibility index (Phi) is 7.64. The number of carbonyl (C=O) groups is 2. The van der Waals surface area contributed by atoms with Crippen molar-refractivity contribution < 1.29 is 29.6 Å². The summed E-state index contributed by atoms with van der Waals surface area (Å²) >= 11 is 6.02. The molecule has 1 aromatic carbocycles. The van der Waals surface area contributed by atoms with E-state index in [1.165, 1.54) is 4.90 Å². The highest BCUT2D eigenvalue weighted by molar-refractivity contribution is 6.31. The topological polar surface area (TPSA) is 99.5 Å². The molecule has 1 saturated heterocycles. The Bertz CT molecular complexity index is 606. The number of aliphatic carboxylic acids is 1. The van der Waals surface area contributed by atoms with Crippen LogP contribution in [0.5, 0.6) is 0 Å². The smallest absolute Gasteiger partial charge is 0.230 e. The van der Waals surface area contributed by atoms with Crippen molar-refractivity contribution in [1.82, 2.24) is 0 Å². The number of amides is 1. The number of carboxylic acids is 1.